The number of imide groups is 1. The molecule has 4 rings (SSSR count). The molecule has 14 heteroatoms. The van der Waals surface area contributed by atoms with Gasteiger partial charge in [0.05, 0.1) is 23.8 Å². The average molecular weight is 828 g/mol. The summed E-state index contributed by atoms with van der Waals surface area (Å²) in [6, 6.07) is -1.28. The van der Waals surface area contributed by atoms with Crippen molar-refractivity contribution in [3.05, 3.63) is 45.0 Å². The smallest absolute Gasteiger partial charge is 0.341 e. The van der Waals surface area contributed by atoms with Crippen molar-refractivity contribution in [1.29, 1.82) is 0 Å². The van der Waals surface area contributed by atoms with Crippen molar-refractivity contribution in [1.82, 2.24) is 4.90 Å². The van der Waals surface area contributed by atoms with Crippen molar-refractivity contribution in [3.8, 4) is 0 Å². The van der Waals surface area contributed by atoms with Crippen LogP contribution in [0, 0.1) is 11.8 Å². The second kappa shape index (κ2) is 12.3. The molecule has 0 saturated carbocycles. The zero-order valence-electron chi connectivity index (χ0n) is 21.8. The molecule has 214 valence electrons. The van der Waals surface area contributed by atoms with E-state index in [1.54, 1.807) is 13.8 Å². The third-order valence-corrected chi connectivity index (χ3v) is 12.7. The first kappa shape index (κ1) is 31.3. The number of nitrogens with zero attached hydrogens (tertiary/aromatic N) is 1. The van der Waals surface area contributed by atoms with Crippen LogP contribution in [-0.4, -0.2) is 54.3 Å². The number of amides is 3. The van der Waals surface area contributed by atoms with E-state index in [9.17, 15) is 24.0 Å². The molecule has 1 aliphatic carbocycles. The van der Waals surface area contributed by atoms with Gasteiger partial charge >= 0.3 is 11.9 Å². The topological polar surface area (TPSA) is 119 Å². The molecule has 0 saturated heterocycles. The number of carbonyl (C=O) groups excluding carboxylic acids is 5. The summed E-state index contributed by atoms with van der Waals surface area (Å²) < 4.78 is 12.0. The number of halogens is 4. The van der Waals surface area contributed by atoms with Crippen LogP contribution >= 0.6 is 75.1 Å². The molecule has 1 aromatic carbocycles. The Hall–Kier alpha value is -1.61. The fourth-order valence-corrected chi connectivity index (χ4v) is 8.71. The summed E-state index contributed by atoms with van der Waals surface area (Å²) in [6.45, 7) is 4.80. The van der Waals surface area contributed by atoms with Crippen LogP contribution < -0.4 is 5.32 Å². The lowest BCUT2D eigenvalue weighted by Gasteiger charge is -2.27. The predicted molar refractivity (Wildman–Crippen MR) is 163 cm³/mol. The van der Waals surface area contributed by atoms with E-state index in [0.29, 0.717) is 40.8 Å². The van der Waals surface area contributed by atoms with Crippen LogP contribution in [0.3, 0.4) is 0 Å². The van der Waals surface area contributed by atoms with Gasteiger partial charge in [0.25, 0.3) is 17.7 Å². The van der Waals surface area contributed by atoms with Crippen molar-refractivity contribution < 1.29 is 33.4 Å². The fourth-order valence-electron chi connectivity index (χ4n) is 4.84. The number of anilines is 1. The number of ether oxygens (including phenoxy) is 2. The summed E-state index contributed by atoms with van der Waals surface area (Å²) in [5.74, 6) is -3.49. The van der Waals surface area contributed by atoms with Crippen LogP contribution in [0.2, 0.25) is 0 Å². The molecule has 0 spiro atoms. The number of esters is 2. The van der Waals surface area contributed by atoms with Crippen molar-refractivity contribution in [2.24, 2.45) is 11.8 Å². The van der Waals surface area contributed by atoms with E-state index in [1.807, 2.05) is 0 Å². The number of fused-ring (bicyclic) bond motifs is 2. The summed E-state index contributed by atoms with van der Waals surface area (Å²) in [6.07, 6.45) is 2.43. The number of methoxy groups -OCH3 is 1. The lowest BCUT2D eigenvalue weighted by atomic mass is 9.88. The Labute approximate surface area is 268 Å². The average Bonchev–Trinajstić information content (AvgIpc) is 3.38. The highest BCUT2D eigenvalue weighted by Crippen LogP contribution is 2.46. The third-order valence-electron chi connectivity index (χ3n) is 6.78. The molecular formula is C26H24Br4N2O7S. The van der Waals surface area contributed by atoms with E-state index in [4.69, 9.17) is 9.47 Å². The first-order valence-electron chi connectivity index (χ1n) is 12.2. The minimum absolute atomic E-state index is 0.106. The van der Waals surface area contributed by atoms with Gasteiger partial charge in [0.1, 0.15) is 11.0 Å². The Bertz CT molecular complexity index is 1410. The molecule has 1 N–H and O–H groups in total. The van der Waals surface area contributed by atoms with Crippen LogP contribution in [0.1, 0.15) is 68.7 Å². The minimum atomic E-state index is -1.28. The largest absolute Gasteiger partial charge is 0.465 e. The molecule has 1 aromatic heterocycles. The molecule has 2 atom stereocenters. The SMILES string of the molecule is COC(=O)c1c(NC(=O)COC(=O)[C@H](C(C)C)N2C(=O)c3c(Br)c(Br)c(Br)c(Br)c3C2=O)sc2c1CC[C@@H](C)C2. The highest BCUT2D eigenvalue weighted by molar-refractivity contribution is 9.15. The van der Waals surface area contributed by atoms with Crippen molar-refractivity contribution >= 4 is 110 Å². The number of hydrogen-bond acceptors (Lipinski definition) is 8. The summed E-state index contributed by atoms with van der Waals surface area (Å²) in [5.41, 5.74) is 1.42. The van der Waals surface area contributed by atoms with Gasteiger partial charge < -0.3 is 14.8 Å². The second-order valence-electron chi connectivity index (χ2n) is 9.88. The molecule has 2 aliphatic rings. The van der Waals surface area contributed by atoms with Crippen LogP contribution in [0.5, 0.6) is 0 Å². The highest BCUT2D eigenvalue weighted by atomic mass is 79.9. The van der Waals surface area contributed by atoms with E-state index in [0.717, 1.165) is 28.2 Å². The Morgan fingerprint density at radius 2 is 1.60 bits per heavy atom. The number of nitrogens with one attached hydrogen (secondary N) is 1. The number of rotatable bonds is 7. The first-order valence-corrected chi connectivity index (χ1v) is 16.2. The second-order valence-corrected chi connectivity index (χ2v) is 14.2. The van der Waals surface area contributed by atoms with Crippen molar-refractivity contribution in [2.75, 3.05) is 19.0 Å². The number of thiophene rings is 1. The van der Waals surface area contributed by atoms with Crippen LogP contribution in [0.15, 0.2) is 17.9 Å². The Morgan fingerprint density at radius 3 is 2.12 bits per heavy atom. The molecule has 1 aliphatic heterocycles. The molecule has 0 radical (unpaired) electrons. The normalized spacial score (nSPS) is 17.0. The molecule has 40 heavy (non-hydrogen) atoms. The van der Waals surface area contributed by atoms with Gasteiger partial charge in [-0.05, 0) is 100 Å². The van der Waals surface area contributed by atoms with E-state index in [2.05, 4.69) is 76.0 Å². The molecular weight excluding hydrogens is 804 g/mol. The minimum Gasteiger partial charge on any atom is -0.465 e. The lowest BCUT2D eigenvalue weighted by Crippen LogP contribution is -2.49. The maximum atomic E-state index is 13.4. The van der Waals surface area contributed by atoms with Gasteiger partial charge in [0, 0.05) is 22.8 Å². The summed E-state index contributed by atoms with van der Waals surface area (Å²) in [5, 5.41) is 3.03. The highest BCUT2D eigenvalue weighted by Gasteiger charge is 2.48. The maximum absolute atomic E-state index is 13.4. The Kier molecular flexibility index (Phi) is 9.65. The summed E-state index contributed by atoms with van der Waals surface area (Å²) in [4.78, 5) is 67.3. The maximum Gasteiger partial charge on any atom is 0.341 e. The monoisotopic (exact) mass is 824 g/mol. The molecule has 0 fully saturated rings. The van der Waals surface area contributed by atoms with Crippen LogP contribution in [0.25, 0.3) is 0 Å². The Balaban J connectivity index is 1.52. The van der Waals surface area contributed by atoms with Gasteiger partial charge in [-0.1, -0.05) is 20.8 Å². The number of hydrogen-bond donors (Lipinski definition) is 1. The summed E-state index contributed by atoms with van der Waals surface area (Å²) in [7, 11) is 1.28. The third kappa shape index (κ3) is 5.58. The predicted octanol–water partition coefficient (Wildman–Crippen LogP) is 6.51. The molecule has 9 nitrogen and oxygen atoms in total. The van der Waals surface area contributed by atoms with E-state index >= 15 is 0 Å². The standard InChI is InChI=1S/C26H24Br4N2O7S/c1-9(2)21(32-23(34)15-16(24(32)35)18(28)20(30)19(29)17(15)27)26(37)39-8-13(33)31-22-14(25(36)38-4)11-6-5-10(3)7-12(11)40-22/h9-10,21H,5-8H2,1-4H3,(H,31,33)/t10-,21+/m1/s1. The molecule has 0 unspecified atom stereocenters. The van der Waals surface area contributed by atoms with Gasteiger partial charge in [-0.15, -0.1) is 11.3 Å². The fraction of sp³-hybridized carbons (Fsp3) is 0.423. The first-order chi connectivity index (χ1) is 18.8. The van der Waals surface area contributed by atoms with Gasteiger partial charge in [0.2, 0.25) is 0 Å². The van der Waals surface area contributed by atoms with Crippen molar-refractivity contribution in [2.45, 2.75) is 46.1 Å². The number of carbonyl (C=O) groups is 5. The zero-order valence-corrected chi connectivity index (χ0v) is 28.9. The van der Waals surface area contributed by atoms with Crippen molar-refractivity contribution in [3.63, 3.8) is 0 Å². The quantitative estimate of drug-likeness (QED) is 0.146. The Morgan fingerprint density at radius 1 is 1.02 bits per heavy atom. The molecule has 2 aromatic rings. The van der Waals surface area contributed by atoms with Gasteiger partial charge in [0.15, 0.2) is 6.61 Å². The molecule has 0 bridgehead atoms. The van der Waals surface area contributed by atoms with Crippen LogP contribution in [-0.2, 0) is 31.9 Å². The van der Waals surface area contributed by atoms with Gasteiger partial charge in [-0.3, -0.25) is 19.3 Å². The van der Waals surface area contributed by atoms with E-state index < -0.39 is 48.2 Å². The van der Waals surface area contributed by atoms with Crippen LogP contribution in [0.4, 0.5) is 5.00 Å². The van der Waals surface area contributed by atoms with Gasteiger partial charge in [-0.2, -0.15) is 0 Å². The van der Waals surface area contributed by atoms with Gasteiger partial charge in [-0.25, -0.2) is 9.59 Å². The molecule has 3 amide bonds. The van der Waals surface area contributed by atoms with E-state index in [1.165, 1.54) is 18.4 Å². The zero-order chi connectivity index (χ0) is 29.6. The molecule has 2 heterocycles. The van der Waals surface area contributed by atoms with E-state index in [-0.39, 0.29) is 11.1 Å². The lowest BCUT2D eigenvalue weighted by molar-refractivity contribution is -0.152. The number of benzene rings is 1. The summed E-state index contributed by atoms with van der Waals surface area (Å²) >= 11 is 14.8.